The van der Waals surface area contributed by atoms with E-state index in [0.717, 1.165) is 23.6 Å². The molecular formula is C18H24N2OS. The van der Waals surface area contributed by atoms with Crippen LogP contribution in [0.15, 0.2) is 23.2 Å². The molecule has 2 aromatic rings. The number of hydrogen-bond donors (Lipinski definition) is 0. The quantitative estimate of drug-likeness (QED) is 0.778. The summed E-state index contributed by atoms with van der Waals surface area (Å²) in [5.74, 6) is 0.625. The standard InChI is InChI=1S/C18H24N2OS/c1-6-20(7-2)17(21)11-22-16-10-13(4)15-9-12(3)8-14(5)18(15)19-16/h8-10H,6-7,11H2,1-5H3. The van der Waals surface area contributed by atoms with Gasteiger partial charge in [0.25, 0.3) is 0 Å². The normalized spacial score (nSPS) is 11.0. The Morgan fingerprint density at radius 2 is 1.77 bits per heavy atom. The van der Waals surface area contributed by atoms with Crippen molar-refractivity contribution in [3.8, 4) is 0 Å². The molecule has 0 aliphatic carbocycles. The number of carbonyl (C=O) groups is 1. The van der Waals surface area contributed by atoms with Crippen molar-refractivity contribution in [3.63, 3.8) is 0 Å². The molecule has 0 saturated heterocycles. The molecule has 118 valence electrons. The molecule has 0 bridgehead atoms. The lowest BCUT2D eigenvalue weighted by atomic mass is 10.0. The van der Waals surface area contributed by atoms with E-state index in [1.165, 1.54) is 33.8 Å². The van der Waals surface area contributed by atoms with E-state index >= 15 is 0 Å². The smallest absolute Gasteiger partial charge is 0.232 e. The van der Waals surface area contributed by atoms with Crippen LogP contribution in [0.5, 0.6) is 0 Å². The second kappa shape index (κ2) is 7.14. The summed E-state index contributed by atoms with van der Waals surface area (Å²) < 4.78 is 0. The van der Waals surface area contributed by atoms with Crippen molar-refractivity contribution >= 4 is 28.6 Å². The molecule has 0 spiro atoms. The van der Waals surface area contributed by atoms with Crippen LogP contribution in [0.1, 0.15) is 30.5 Å². The van der Waals surface area contributed by atoms with E-state index in [9.17, 15) is 4.79 Å². The Hall–Kier alpha value is -1.55. The number of fused-ring (bicyclic) bond motifs is 1. The maximum atomic E-state index is 12.1. The number of carbonyl (C=O) groups excluding carboxylic acids is 1. The Morgan fingerprint density at radius 1 is 1.09 bits per heavy atom. The fourth-order valence-corrected chi connectivity index (χ4v) is 3.56. The van der Waals surface area contributed by atoms with E-state index in [1.807, 2.05) is 18.7 Å². The topological polar surface area (TPSA) is 33.2 Å². The average molecular weight is 316 g/mol. The first-order chi connectivity index (χ1) is 10.5. The second-order valence-electron chi connectivity index (χ2n) is 5.61. The van der Waals surface area contributed by atoms with Crippen LogP contribution < -0.4 is 0 Å². The zero-order valence-corrected chi connectivity index (χ0v) is 14.9. The van der Waals surface area contributed by atoms with Gasteiger partial charge in [0.2, 0.25) is 5.91 Å². The molecule has 0 aliphatic heterocycles. The molecular weight excluding hydrogens is 292 g/mol. The number of hydrogen-bond acceptors (Lipinski definition) is 3. The molecule has 0 atom stereocenters. The van der Waals surface area contributed by atoms with Gasteiger partial charge in [-0.15, -0.1) is 0 Å². The highest BCUT2D eigenvalue weighted by Crippen LogP contribution is 2.27. The monoisotopic (exact) mass is 316 g/mol. The van der Waals surface area contributed by atoms with Gasteiger partial charge in [-0.25, -0.2) is 4.98 Å². The molecule has 0 unspecified atom stereocenters. The summed E-state index contributed by atoms with van der Waals surface area (Å²) in [5, 5.41) is 2.13. The Labute approximate surface area is 137 Å². The zero-order chi connectivity index (χ0) is 16.3. The lowest BCUT2D eigenvalue weighted by molar-refractivity contribution is -0.127. The molecule has 0 aliphatic rings. The summed E-state index contributed by atoms with van der Waals surface area (Å²) in [6.07, 6.45) is 0. The Kier molecular flexibility index (Phi) is 5.46. The van der Waals surface area contributed by atoms with Crippen LogP contribution in [0.2, 0.25) is 0 Å². The van der Waals surface area contributed by atoms with Crippen molar-refractivity contribution in [1.29, 1.82) is 0 Å². The minimum atomic E-state index is 0.176. The van der Waals surface area contributed by atoms with Crippen LogP contribution in [0.25, 0.3) is 10.9 Å². The lowest BCUT2D eigenvalue weighted by Crippen LogP contribution is -2.31. The number of pyridine rings is 1. The molecule has 2 rings (SSSR count). The van der Waals surface area contributed by atoms with Crippen LogP contribution in [0, 0.1) is 20.8 Å². The van der Waals surface area contributed by atoms with Gasteiger partial charge in [-0.3, -0.25) is 4.79 Å². The van der Waals surface area contributed by atoms with Gasteiger partial charge < -0.3 is 4.90 Å². The first-order valence-electron chi connectivity index (χ1n) is 7.75. The molecule has 4 heteroatoms. The highest BCUT2D eigenvalue weighted by molar-refractivity contribution is 7.99. The van der Waals surface area contributed by atoms with E-state index < -0.39 is 0 Å². The summed E-state index contributed by atoms with van der Waals surface area (Å²) in [6.45, 7) is 11.9. The molecule has 0 radical (unpaired) electrons. The van der Waals surface area contributed by atoms with E-state index in [1.54, 1.807) is 0 Å². The number of rotatable bonds is 5. The number of aryl methyl sites for hydroxylation is 3. The van der Waals surface area contributed by atoms with Crippen molar-refractivity contribution in [1.82, 2.24) is 9.88 Å². The summed E-state index contributed by atoms with van der Waals surface area (Å²) in [7, 11) is 0. The van der Waals surface area contributed by atoms with Gasteiger partial charge in [0.1, 0.15) is 0 Å². The molecule has 0 N–H and O–H groups in total. The number of amides is 1. The third-order valence-corrected chi connectivity index (χ3v) is 4.79. The first kappa shape index (κ1) is 16.8. The predicted molar refractivity (Wildman–Crippen MR) is 94.6 cm³/mol. The highest BCUT2D eigenvalue weighted by atomic mass is 32.2. The molecule has 0 fully saturated rings. The number of thioether (sulfide) groups is 1. The molecule has 1 amide bonds. The Balaban J connectivity index is 2.24. The minimum Gasteiger partial charge on any atom is -0.343 e. The SMILES string of the molecule is CCN(CC)C(=O)CSc1cc(C)c2cc(C)cc(C)c2n1. The number of aromatic nitrogens is 1. The van der Waals surface area contributed by atoms with Gasteiger partial charge in [-0.05, 0) is 57.9 Å². The maximum Gasteiger partial charge on any atom is 0.232 e. The van der Waals surface area contributed by atoms with Crippen molar-refractivity contribution in [2.75, 3.05) is 18.8 Å². The largest absolute Gasteiger partial charge is 0.343 e. The van der Waals surface area contributed by atoms with Crippen molar-refractivity contribution in [3.05, 3.63) is 34.9 Å². The van der Waals surface area contributed by atoms with Gasteiger partial charge in [-0.1, -0.05) is 23.4 Å². The van der Waals surface area contributed by atoms with E-state index in [4.69, 9.17) is 4.98 Å². The van der Waals surface area contributed by atoms with Crippen LogP contribution in [-0.4, -0.2) is 34.6 Å². The van der Waals surface area contributed by atoms with Gasteiger partial charge in [0, 0.05) is 18.5 Å². The van der Waals surface area contributed by atoms with E-state index in [2.05, 4.69) is 39.0 Å². The fraction of sp³-hybridized carbons (Fsp3) is 0.444. The van der Waals surface area contributed by atoms with Crippen LogP contribution in [0.3, 0.4) is 0 Å². The summed E-state index contributed by atoms with van der Waals surface area (Å²) in [6, 6.07) is 6.42. The Morgan fingerprint density at radius 3 is 2.41 bits per heavy atom. The van der Waals surface area contributed by atoms with Crippen LogP contribution in [0.4, 0.5) is 0 Å². The molecule has 3 nitrogen and oxygen atoms in total. The van der Waals surface area contributed by atoms with E-state index in [-0.39, 0.29) is 5.91 Å². The zero-order valence-electron chi connectivity index (χ0n) is 14.1. The van der Waals surface area contributed by atoms with Crippen LogP contribution >= 0.6 is 11.8 Å². The highest BCUT2D eigenvalue weighted by Gasteiger charge is 2.12. The van der Waals surface area contributed by atoms with Gasteiger partial charge in [0.05, 0.1) is 16.3 Å². The predicted octanol–water partition coefficient (Wildman–Crippen LogP) is 4.12. The van der Waals surface area contributed by atoms with Crippen LogP contribution in [-0.2, 0) is 4.79 Å². The van der Waals surface area contributed by atoms with Crippen molar-refractivity contribution in [2.45, 2.75) is 39.6 Å². The maximum absolute atomic E-state index is 12.1. The van der Waals surface area contributed by atoms with Gasteiger partial charge in [-0.2, -0.15) is 0 Å². The Bertz CT molecular complexity index is 693. The van der Waals surface area contributed by atoms with Gasteiger partial charge >= 0.3 is 0 Å². The summed E-state index contributed by atoms with van der Waals surface area (Å²) in [4.78, 5) is 18.7. The minimum absolute atomic E-state index is 0.176. The van der Waals surface area contributed by atoms with Gasteiger partial charge in [0.15, 0.2) is 0 Å². The number of nitrogens with zero attached hydrogens (tertiary/aromatic N) is 2. The fourth-order valence-electron chi connectivity index (χ4n) is 2.69. The molecule has 22 heavy (non-hydrogen) atoms. The number of benzene rings is 1. The summed E-state index contributed by atoms with van der Waals surface area (Å²) in [5.41, 5.74) is 4.71. The second-order valence-corrected chi connectivity index (χ2v) is 6.61. The third-order valence-electron chi connectivity index (χ3n) is 3.89. The van der Waals surface area contributed by atoms with E-state index in [0.29, 0.717) is 5.75 Å². The average Bonchev–Trinajstić information content (AvgIpc) is 2.47. The van der Waals surface area contributed by atoms with Crippen molar-refractivity contribution < 1.29 is 4.79 Å². The molecule has 1 aromatic carbocycles. The molecule has 0 saturated carbocycles. The first-order valence-corrected chi connectivity index (χ1v) is 8.74. The lowest BCUT2D eigenvalue weighted by Gasteiger charge is -2.18. The summed E-state index contributed by atoms with van der Waals surface area (Å²) >= 11 is 1.53. The third kappa shape index (κ3) is 3.61. The molecule has 1 aromatic heterocycles. The molecule has 1 heterocycles. The van der Waals surface area contributed by atoms with Crippen molar-refractivity contribution in [2.24, 2.45) is 0 Å².